The third-order valence-corrected chi connectivity index (χ3v) is 3.21. The van der Waals surface area contributed by atoms with Crippen molar-refractivity contribution in [1.29, 1.82) is 0 Å². The van der Waals surface area contributed by atoms with Crippen molar-refractivity contribution in [3.63, 3.8) is 0 Å². The molecule has 0 bridgehead atoms. The minimum absolute atomic E-state index is 0.236. The maximum atomic E-state index is 12.9. The highest BCUT2D eigenvalue weighted by molar-refractivity contribution is 5.57. The zero-order valence-electron chi connectivity index (χ0n) is 9.94. The molecule has 1 saturated heterocycles. The molecule has 4 heteroatoms. The first-order chi connectivity index (χ1) is 8.83. The Morgan fingerprint density at radius 2 is 2.00 bits per heavy atom. The number of aromatic nitrogens is 2. The van der Waals surface area contributed by atoms with Crippen molar-refractivity contribution < 1.29 is 4.39 Å². The lowest BCUT2D eigenvalue weighted by molar-refractivity contribution is 0.624. The van der Waals surface area contributed by atoms with Gasteiger partial charge in [0.25, 0.3) is 0 Å². The second-order valence-corrected chi connectivity index (χ2v) is 4.49. The molecule has 92 valence electrons. The van der Waals surface area contributed by atoms with E-state index in [1.54, 1.807) is 24.5 Å². The van der Waals surface area contributed by atoms with Gasteiger partial charge in [0.15, 0.2) is 0 Å². The van der Waals surface area contributed by atoms with Crippen LogP contribution >= 0.6 is 0 Å². The standard InChI is InChI=1S/C14H14FN3/c15-11-5-3-10(4-6-11)13-8-16-9-14(18-13)12-2-1-7-17-12/h3-6,8-9,12,17H,1-2,7H2. The highest BCUT2D eigenvalue weighted by Gasteiger charge is 2.18. The highest BCUT2D eigenvalue weighted by Crippen LogP contribution is 2.23. The number of hydrogen-bond donors (Lipinski definition) is 1. The van der Waals surface area contributed by atoms with Crippen LogP contribution in [0.1, 0.15) is 24.6 Å². The van der Waals surface area contributed by atoms with Crippen LogP contribution in [0.2, 0.25) is 0 Å². The Hall–Kier alpha value is -1.81. The molecule has 0 saturated carbocycles. The lowest BCUT2D eigenvalue weighted by Gasteiger charge is -2.10. The molecule has 2 heterocycles. The van der Waals surface area contributed by atoms with Crippen molar-refractivity contribution >= 4 is 0 Å². The Kier molecular flexibility index (Phi) is 3.02. The summed E-state index contributed by atoms with van der Waals surface area (Å²) in [6.45, 7) is 1.03. The zero-order chi connectivity index (χ0) is 12.4. The highest BCUT2D eigenvalue weighted by atomic mass is 19.1. The van der Waals surface area contributed by atoms with Gasteiger partial charge < -0.3 is 5.32 Å². The number of nitrogens with zero attached hydrogens (tertiary/aromatic N) is 2. The average Bonchev–Trinajstić information content (AvgIpc) is 2.94. The number of hydrogen-bond acceptors (Lipinski definition) is 3. The van der Waals surface area contributed by atoms with Crippen molar-refractivity contribution in [3.05, 3.63) is 48.2 Å². The van der Waals surface area contributed by atoms with Crippen LogP contribution in [0.3, 0.4) is 0 Å². The summed E-state index contributed by atoms with van der Waals surface area (Å²) >= 11 is 0. The maximum Gasteiger partial charge on any atom is 0.123 e. The third-order valence-electron chi connectivity index (χ3n) is 3.21. The van der Waals surface area contributed by atoms with Gasteiger partial charge in [0.2, 0.25) is 0 Å². The molecule has 0 amide bonds. The molecule has 1 fully saturated rings. The zero-order valence-corrected chi connectivity index (χ0v) is 9.94. The van der Waals surface area contributed by atoms with Crippen LogP contribution in [0.15, 0.2) is 36.7 Å². The van der Waals surface area contributed by atoms with Gasteiger partial charge in [-0.05, 0) is 43.7 Å². The molecule has 3 nitrogen and oxygen atoms in total. The summed E-state index contributed by atoms with van der Waals surface area (Å²) in [6.07, 6.45) is 5.79. The first-order valence-electron chi connectivity index (χ1n) is 6.14. The summed E-state index contributed by atoms with van der Waals surface area (Å²) in [5, 5.41) is 3.40. The van der Waals surface area contributed by atoms with Gasteiger partial charge in [-0.2, -0.15) is 0 Å². The van der Waals surface area contributed by atoms with Gasteiger partial charge in [-0.15, -0.1) is 0 Å². The Morgan fingerprint density at radius 1 is 1.17 bits per heavy atom. The van der Waals surface area contributed by atoms with Crippen molar-refractivity contribution in [3.8, 4) is 11.3 Å². The van der Waals surface area contributed by atoms with Gasteiger partial charge in [-0.1, -0.05) is 0 Å². The Balaban J connectivity index is 1.92. The molecule has 0 spiro atoms. The van der Waals surface area contributed by atoms with E-state index in [1.165, 1.54) is 18.6 Å². The van der Waals surface area contributed by atoms with E-state index in [9.17, 15) is 4.39 Å². The van der Waals surface area contributed by atoms with Gasteiger partial charge >= 0.3 is 0 Å². The van der Waals surface area contributed by atoms with Gasteiger partial charge in [0, 0.05) is 5.56 Å². The monoisotopic (exact) mass is 243 g/mol. The first-order valence-corrected chi connectivity index (χ1v) is 6.14. The lowest BCUT2D eigenvalue weighted by atomic mass is 10.1. The molecular formula is C14H14FN3. The van der Waals surface area contributed by atoms with Crippen LogP contribution < -0.4 is 5.32 Å². The van der Waals surface area contributed by atoms with E-state index in [1.807, 2.05) is 0 Å². The topological polar surface area (TPSA) is 37.8 Å². The second kappa shape index (κ2) is 4.82. The summed E-state index contributed by atoms with van der Waals surface area (Å²) in [4.78, 5) is 8.84. The Labute approximate surface area is 105 Å². The molecule has 1 aliphatic heterocycles. The van der Waals surface area contributed by atoms with Crippen LogP contribution in [0.5, 0.6) is 0 Å². The molecule has 1 unspecified atom stereocenters. The molecule has 2 aromatic rings. The predicted molar refractivity (Wildman–Crippen MR) is 67.4 cm³/mol. The maximum absolute atomic E-state index is 12.9. The van der Waals surface area contributed by atoms with Crippen LogP contribution in [-0.2, 0) is 0 Å². The normalized spacial score (nSPS) is 19.1. The number of nitrogens with one attached hydrogen (secondary N) is 1. The van der Waals surface area contributed by atoms with Crippen LogP contribution in [0.4, 0.5) is 4.39 Å². The Morgan fingerprint density at radius 3 is 2.72 bits per heavy atom. The van der Waals surface area contributed by atoms with E-state index in [-0.39, 0.29) is 5.82 Å². The number of halogens is 1. The first kappa shape index (κ1) is 11.3. The smallest absolute Gasteiger partial charge is 0.123 e. The molecule has 1 aliphatic rings. The van der Waals surface area contributed by atoms with E-state index >= 15 is 0 Å². The second-order valence-electron chi connectivity index (χ2n) is 4.49. The minimum Gasteiger partial charge on any atom is -0.309 e. The van der Waals surface area contributed by atoms with Crippen LogP contribution in [-0.4, -0.2) is 16.5 Å². The molecule has 1 aromatic carbocycles. The molecule has 3 rings (SSSR count). The SMILES string of the molecule is Fc1ccc(-c2cncc(C3CCCN3)n2)cc1. The number of rotatable bonds is 2. The molecule has 0 aliphatic carbocycles. The molecule has 1 aromatic heterocycles. The summed E-state index contributed by atoms with van der Waals surface area (Å²) in [5.41, 5.74) is 2.65. The lowest BCUT2D eigenvalue weighted by Crippen LogP contribution is -2.14. The van der Waals surface area contributed by atoms with E-state index in [0.717, 1.165) is 29.9 Å². The van der Waals surface area contributed by atoms with Crippen molar-refractivity contribution in [2.75, 3.05) is 6.54 Å². The van der Waals surface area contributed by atoms with E-state index < -0.39 is 0 Å². The van der Waals surface area contributed by atoms with Crippen LogP contribution in [0, 0.1) is 5.82 Å². The quantitative estimate of drug-likeness (QED) is 0.881. The van der Waals surface area contributed by atoms with E-state index in [2.05, 4.69) is 15.3 Å². The Bertz CT molecular complexity index is 533. The van der Waals surface area contributed by atoms with Gasteiger partial charge in [0.05, 0.1) is 29.8 Å². The summed E-state index contributed by atoms with van der Waals surface area (Å²) in [7, 11) is 0. The summed E-state index contributed by atoms with van der Waals surface area (Å²) in [6, 6.07) is 6.64. The van der Waals surface area contributed by atoms with Crippen LogP contribution in [0.25, 0.3) is 11.3 Å². The van der Waals surface area contributed by atoms with Gasteiger partial charge in [0.1, 0.15) is 5.82 Å². The summed E-state index contributed by atoms with van der Waals surface area (Å²) < 4.78 is 12.9. The van der Waals surface area contributed by atoms with E-state index in [0.29, 0.717) is 6.04 Å². The fourth-order valence-electron chi connectivity index (χ4n) is 2.25. The predicted octanol–water partition coefficient (Wildman–Crippen LogP) is 2.71. The van der Waals surface area contributed by atoms with Crippen molar-refractivity contribution in [2.45, 2.75) is 18.9 Å². The number of benzene rings is 1. The van der Waals surface area contributed by atoms with Gasteiger partial charge in [-0.3, -0.25) is 4.98 Å². The molecular weight excluding hydrogens is 229 g/mol. The average molecular weight is 243 g/mol. The van der Waals surface area contributed by atoms with Crippen molar-refractivity contribution in [2.24, 2.45) is 0 Å². The summed E-state index contributed by atoms with van der Waals surface area (Å²) in [5.74, 6) is -0.236. The molecule has 18 heavy (non-hydrogen) atoms. The molecule has 1 atom stereocenters. The molecule has 1 N–H and O–H groups in total. The van der Waals surface area contributed by atoms with Gasteiger partial charge in [-0.25, -0.2) is 9.37 Å². The molecule has 0 radical (unpaired) electrons. The fourth-order valence-corrected chi connectivity index (χ4v) is 2.25. The minimum atomic E-state index is -0.236. The van der Waals surface area contributed by atoms with Crippen molar-refractivity contribution in [1.82, 2.24) is 15.3 Å². The fraction of sp³-hybridized carbons (Fsp3) is 0.286. The van der Waals surface area contributed by atoms with E-state index in [4.69, 9.17) is 0 Å². The third kappa shape index (κ3) is 2.24. The largest absolute Gasteiger partial charge is 0.309 e.